The van der Waals surface area contributed by atoms with E-state index in [1.54, 1.807) is 11.8 Å². The summed E-state index contributed by atoms with van der Waals surface area (Å²) in [4.78, 5) is 29.5. The predicted octanol–water partition coefficient (Wildman–Crippen LogP) is 1.07. The molecule has 10 heteroatoms. The number of fused-ring (bicyclic) bond motifs is 1. The van der Waals surface area contributed by atoms with Crippen molar-refractivity contribution in [2.24, 2.45) is 10.1 Å². The number of carbonyl (C=O) groups excluding carboxylic acids is 2. The highest BCUT2D eigenvalue weighted by atomic mass is 32.2. The van der Waals surface area contributed by atoms with Crippen LogP contribution in [0.2, 0.25) is 0 Å². The highest BCUT2D eigenvalue weighted by Gasteiger charge is 2.38. The maximum absolute atomic E-state index is 12.6. The van der Waals surface area contributed by atoms with Gasteiger partial charge in [-0.05, 0) is 19.3 Å². The molecule has 0 aromatic heterocycles. The van der Waals surface area contributed by atoms with Gasteiger partial charge in [-0.3, -0.25) is 14.6 Å². The van der Waals surface area contributed by atoms with Crippen LogP contribution in [0, 0.1) is 0 Å². The maximum atomic E-state index is 12.6. The summed E-state index contributed by atoms with van der Waals surface area (Å²) < 4.78 is 23.4. The van der Waals surface area contributed by atoms with Gasteiger partial charge in [0.15, 0.2) is 15.0 Å². The third-order valence-electron chi connectivity index (χ3n) is 5.56. The van der Waals surface area contributed by atoms with Crippen LogP contribution in [0.15, 0.2) is 10.1 Å². The van der Waals surface area contributed by atoms with E-state index in [1.165, 1.54) is 24.3 Å². The molecule has 2 amide bonds. The summed E-state index contributed by atoms with van der Waals surface area (Å²) >= 11 is 1.63. The molecule has 3 aliphatic heterocycles. The number of nitrogens with one attached hydrogen (secondary N) is 1. The van der Waals surface area contributed by atoms with Gasteiger partial charge in [0.05, 0.1) is 23.6 Å². The van der Waals surface area contributed by atoms with Crippen molar-refractivity contribution in [1.29, 1.82) is 0 Å². The normalized spacial score (nSPS) is 33.1. The van der Waals surface area contributed by atoms with Crippen molar-refractivity contribution in [3.8, 4) is 0 Å². The first-order valence-electron chi connectivity index (χ1n) is 9.57. The zero-order valence-corrected chi connectivity index (χ0v) is 16.7. The van der Waals surface area contributed by atoms with Crippen molar-refractivity contribution >= 4 is 44.3 Å². The van der Waals surface area contributed by atoms with Crippen molar-refractivity contribution in [2.45, 2.75) is 68.7 Å². The van der Waals surface area contributed by atoms with E-state index >= 15 is 0 Å². The minimum Gasteiger partial charge on any atom is -0.300 e. The van der Waals surface area contributed by atoms with Gasteiger partial charge in [-0.25, -0.2) is 13.4 Å². The fourth-order valence-electron chi connectivity index (χ4n) is 4.08. The van der Waals surface area contributed by atoms with Crippen molar-refractivity contribution in [3.63, 3.8) is 0 Å². The van der Waals surface area contributed by atoms with Crippen LogP contribution in [-0.4, -0.2) is 65.0 Å². The fourth-order valence-corrected chi connectivity index (χ4v) is 7.05. The third-order valence-corrected chi connectivity index (χ3v) is 8.59. The van der Waals surface area contributed by atoms with Gasteiger partial charge in [-0.1, -0.05) is 31.0 Å². The van der Waals surface area contributed by atoms with Crippen molar-refractivity contribution in [2.75, 3.05) is 11.5 Å². The molecule has 0 spiro atoms. The highest BCUT2D eigenvalue weighted by molar-refractivity contribution is 8.14. The lowest BCUT2D eigenvalue weighted by Gasteiger charge is -2.27. The smallest absolute Gasteiger partial charge is 0.273 e. The number of carbonyl (C=O) groups is 2. The van der Waals surface area contributed by atoms with Crippen molar-refractivity contribution in [3.05, 3.63) is 0 Å². The molecule has 1 saturated heterocycles. The Bertz CT molecular complexity index is 808. The topological polar surface area (TPSA) is 108 Å². The molecule has 4 rings (SSSR count). The van der Waals surface area contributed by atoms with Gasteiger partial charge < -0.3 is 5.32 Å². The Labute approximate surface area is 163 Å². The molecule has 4 aliphatic rings. The lowest BCUT2D eigenvalue weighted by molar-refractivity contribution is -0.133. The molecule has 1 aliphatic carbocycles. The predicted molar refractivity (Wildman–Crippen MR) is 104 cm³/mol. The Hall–Kier alpha value is -1.42. The Morgan fingerprint density at radius 1 is 1.15 bits per heavy atom. The average Bonchev–Trinajstić information content (AvgIpc) is 3.10. The number of thioether (sulfide) groups is 1. The van der Waals surface area contributed by atoms with Gasteiger partial charge in [0.2, 0.25) is 5.91 Å². The molecule has 8 nitrogen and oxygen atoms in total. The van der Waals surface area contributed by atoms with Crippen molar-refractivity contribution < 1.29 is 18.0 Å². The van der Waals surface area contributed by atoms with Crippen LogP contribution >= 0.6 is 11.8 Å². The van der Waals surface area contributed by atoms with Crippen LogP contribution in [0.3, 0.4) is 0 Å². The van der Waals surface area contributed by atoms with Crippen LogP contribution < -0.4 is 5.32 Å². The number of hydrogen-bond donors (Lipinski definition) is 1. The van der Waals surface area contributed by atoms with Gasteiger partial charge >= 0.3 is 0 Å². The van der Waals surface area contributed by atoms with Crippen LogP contribution in [0.4, 0.5) is 0 Å². The molecule has 148 valence electrons. The van der Waals surface area contributed by atoms with E-state index in [1.807, 2.05) is 0 Å². The van der Waals surface area contributed by atoms with Crippen LogP contribution in [-0.2, 0) is 19.4 Å². The Kier molecular flexibility index (Phi) is 5.28. The fraction of sp³-hybridized carbons (Fsp3) is 0.765. The van der Waals surface area contributed by atoms with Crippen LogP contribution in [0.1, 0.15) is 51.4 Å². The molecule has 0 bridgehead atoms. The van der Waals surface area contributed by atoms with Crippen LogP contribution in [0.25, 0.3) is 0 Å². The first kappa shape index (κ1) is 18.9. The average molecular weight is 413 g/mol. The maximum Gasteiger partial charge on any atom is 0.273 e. The van der Waals surface area contributed by atoms with Gasteiger partial charge in [0.25, 0.3) is 5.91 Å². The molecule has 2 fully saturated rings. The van der Waals surface area contributed by atoms with Crippen molar-refractivity contribution in [1.82, 2.24) is 10.3 Å². The molecule has 1 saturated carbocycles. The summed E-state index contributed by atoms with van der Waals surface area (Å²) in [7, 11) is -3.13. The first-order valence-corrected chi connectivity index (χ1v) is 12.3. The van der Waals surface area contributed by atoms with E-state index in [0.29, 0.717) is 16.8 Å². The Morgan fingerprint density at radius 3 is 2.74 bits per heavy atom. The van der Waals surface area contributed by atoms with E-state index in [-0.39, 0.29) is 47.9 Å². The highest BCUT2D eigenvalue weighted by Crippen LogP contribution is 2.35. The molecular formula is C17H24N4O4S2. The molecule has 1 N–H and O–H groups in total. The van der Waals surface area contributed by atoms with Gasteiger partial charge in [0.1, 0.15) is 5.71 Å². The Morgan fingerprint density at radius 2 is 1.96 bits per heavy atom. The molecule has 0 aromatic carbocycles. The third kappa shape index (κ3) is 4.21. The quantitative estimate of drug-likeness (QED) is 0.730. The molecule has 0 unspecified atom stereocenters. The minimum atomic E-state index is -3.13. The van der Waals surface area contributed by atoms with Gasteiger partial charge in [-0.15, -0.1) is 0 Å². The number of amides is 2. The summed E-state index contributed by atoms with van der Waals surface area (Å²) in [6, 6.07) is -0.182. The van der Waals surface area contributed by atoms with Gasteiger partial charge in [-0.2, -0.15) is 5.10 Å². The summed E-state index contributed by atoms with van der Waals surface area (Å²) in [5, 5.41) is 9.38. The first-order chi connectivity index (χ1) is 12.9. The van der Waals surface area contributed by atoms with E-state index in [9.17, 15) is 18.0 Å². The summed E-state index contributed by atoms with van der Waals surface area (Å²) in [6.45, 7) is 0. The second-order valence-corrected chi connectivity index (χ2v) is 11.0. The molecular weight excluding hydrogens is 388 g/mol. The lowest BCUT2D eigenvalue weighted by atomic mass is 10.1. The summed E-state index contributed by atoms with van der Waals surface area (Å²) in [5.41, 5.74) is 0.272. The number of hydrazone groups is 1. The second kappa shape index (κ2) is 7.54. The molecule has 0 aromatic rings. The molecule has 3 atom stereocenters. The number of hydrogen-bond acceptors (Lipinski definition) is 7. The summed E-state index contributed by atoms with van der Waals surface area (Å²) in [6.07, 6.45) is 6.65. The molecule has 3 heterocycles. The lowest BCUT2D eigenvalue weighted by Crippen LogP contribution is -2.44. The van der Waals surface area contributed by atoms with E-state index < -0.39 is 15.9 Å². The van der Waals surface area contributed by atoms with E-state index in [0.717, 1.165) is 12.8 Å². The van der Waals surface area contributed by atoms with E-state index in [2.05, 4.69) is 15.4 Å². The molecule has 27 heavy (non-hydrogen) atoms. The molecule has 0 radical (unpaired) electrons. The minimum absolute atomic E-state index is 0.0642. The van der Waals surface area contributed by atoms with Gasteiger partial charge in [0, 0.05) is 18.1 Å². The summed E-state index contributed by atoms with van der Waals surface area (Å²) in [5.74, 6) is -0.572. The number of sulfone groups is 1. The zero-order valence-electron chi connectivity index (χ0n) is 15.1. The largest absolute Gasteiger partial charge is 0.300 e. The monoisotopic (exact) mass is 412 g/mol. The number of rotatable bonds is 2. The Balaban J connectivity index is 1.43. The number of aliphatic imine (C=N–C) groups is 1. The van der Waals surface area contributed by atoms with Crippen LogP contribution in [0.5, 0.6) is 0 Å². The standard InChI is InChI=1S/C17H24N4O4S2/c22-15-7-6-13(20-21(15)11-8-9-27(24,25)10-11)16(23)19-17-18-12-4-2-1-3-5-14(12)26-17/h11-12,14H,1-10H2,(H,18,19,23)/t11-,12+,14+/m1/s1. The van der Waals surface area contributed by atoms with E-state index in [4.69, 9.17) is 0 Å². The number of nitrogens with zero attached hydrogens (tertiary/aromatic N) is 3. The second-order valence-electron chi connectivity index (χ2n) is 7.59. The number of amidine groups is 1. The zero-order chi connectivity index (χ0) is 19.0. The SMILES string of the molecule is O=C(NC1=N[C@H]2CCCCC[C@@H]2S1)C1=NN([C@@H]2CCS(=O)(=O)C2)C(=O)CC1.